The zero-order valence-electron chi connectivity index (χ0n) is 16.3. The van der Waals surface area contributed by atoms with Crippen LogP contribution in [0.5, 0.6) is 0 Å². The lowest BCUT2D eigenvalue weighted by molar-refractivity contribution is 0.309. The van der Waals surface area contributed by atoms with Crippen molar-refractivity contribution in [3.63, 3.8) is 0 Å². The summed E-state index contributed by atoms with van der Waals surface area (Å²) in [4.78, 5) is 0.220. The van der Waals surface area contributed by atoms with Gasteiger partial charge in [-0.15, -0.1) is 0 Å². The molecule has 2 aromatic carbocycles. The highest BCUT2D eigenvalue weighted by Crippen LogP contribution is 2.25. The summed E-state index contributed by atoms with van der Waals surface area (Å²) in [7, 11) is -2.10. The van der Waals surface area contributed by atoms with Crippen molar-refractivity contribution in [1.82, 2.24) is 5.32 Å². The van der Waals surface area contributed by atoms with E-state index in [0.717, 1.165) is 6.42 Å². The van der Waals surface area contributed by atoms with Crippen LogP contribution in [-0.2, 0) is 10.0 Å². The largest absolute Gasteiger partial charge is 0.359 e. The van der Waals surface area contributed by atoms with Crippen molar-refractivity contribution in [2.75, 3.05) is 16.7 Å². The fourth-order valence-electron chi connectivity index (χ4n) is 3.54. The molecule has 3 rings (SSSR count). The van der Waals surface area contributed by atoms with Crippen LogP contribution in [0.15, 0.2) is 59.5 Å². The molecule has 1 aliphatic carbocycles. The molecule has 150 valence electrons. The lowest BCUT2D eigenvalue weighted by atomic mass is 9.86. The second kappa shape index (κ2) is 8.92. The van der Waals surface area contributed by atoms with Crippen molar-refractivity contribution in [3.05, 3.63) is 54.6 Å². The summed E-state index contributed by atoms with van der Waals surface area (Å²) in [5, 5.41) is 7.05. The fourth-order valence-corrected chi connectivity index (χ4v) is 5.05. The molecule has 0 aliphatic heterocycles. The van der Waals surface area contributed by atoms with Gasteiger partial charge in [0.05, 0.1) is 10.6 Å². The van der Waals surface area contributed by atoms with Crippen LogP contribution in [-0.4, -0.2) is 26.6 Å². The van der Waals surface area contributed by atoms with Gasteiger partial charge in [0.1, 0.15) is 0 Å². The van der Waals surface area contributed by atoms with Gasteiger partial charge in [0.15, 0.2) is 5.11 Å². The molecular formula is C21H27N3O2S2. The summed E-state index contributed by atoms with van der Waals surface area (Å²) in [5.41, 5.74) is 1.27. The van der Waals surface area contributed by atoms with Crippen molar-refractivity contribution in [1.29, 1.82) is 0 Å². The maximum Gasteiger partial charge on any atom is 0.264 e. The average Bonchev–Trinajstić information content (AvgIpc) is 2.70. The minimum Gasteiger partial charge on any atom is -0.359 e. The Morgan fingerprint density at radius 2 is 1.79 bits per heavy atom. The van der Waals surface area contributed by atoms with Gasteiger partial charge in [0.25, 0.3) is 10.0 Å². The van der Waals surface area contributed by atoms with Gasteiger partial charge in [-0.25, -0.2) is 8.42 Å². The van der Waals surface area contributed by atoms with E-state index in [1.165, 1.54) is 23.6 Å². The van der Waals surface area contributed by atoms with E-state index in [-0.39, 0.29) is 4.90 Å². The number of hydrogen-bond donors (Lipinski definition) is 2. The van der Waals surface area contributed by atoms with Crippen LogP contribution >= 0.6 is 12.2 Å². The first-order valence-electron chi connectivity index (χ1n) is 9.59. The maximum atomic E-state index is 13.0. The quantitative estimate of drug-likeness (QED) is 0.707. The van der Waals surface area contributed by atoms with Crippen LogP contribution < -0.4 is 14.9 Å². The lowest BCUT2D eigenvalue weighted by Crippen LogP contribution is -2.43. The first kappa shape index (κ1) is 20.6. The van der Waals surface area contributed by atoms with E-state index in [1.54, 1.807) is 37.4 Å². The molecule has 2 N–H and O–H groups in total. The van der Waals surface area contributed by atoms with E-state index >= 15 is 0 Å². The van der Waals surface area contributed by atoms with Gasteiger partial charge in [-0.05, 0) is 61.3 Å². The Bertz CT molecular complexity index is 916. The number of nitrogens with zero attached hydrogens (tertiary/aromatic N) is 1. The molecule has 0 radical (unpaired) electrons. The van der Waals surface area contributed by atoms with Gasteiger partial charge in [-0.1, -0.05) is 44.0 Å². The van der Waals surface area contributed by atoms with E-state index in [1.807, 2.05) is 24.3 Å². The first-order valence-corrected chi connectivity index (χ1v) is 11.4. The summed E-state index contributed by atoms with van der Waals surface area (Å²) in [6.45, 7) is 2.24. The minimum atomic E-state index is -3.66. The molecule has 0 bridgehead atoms. The Labute approximate surface area is 173 Å². The van der Waals surface area contributed by atoms with E-state index in [9.17, 15) is 8.42 Å². The Morgan fingerprint density at radius 1 is 1.07 bits per heavy atom. The molecule has 1 fully saturated rings. The number of rotatable bonds is 5. The molecule has 0 spiro atoms. The van der Waals surface area contributed by atoms with Gasteiger partial charge >= 0.3 is 0 Å². The molecule has 0 aromatic heterocycles. The standard InChI is InChI=1S/C21H27N3O2S2/c1-16-9-6-7-14-20(16)23-21(27)22-17-10-8-13-19(15-17)28(25,26)24(2)18-11-4-3-5-12-18/h3-5,8,10-13,15-16,20H,6-7,9,14H2,1-2H3,(H2,22,23,27)/t16-,20-/m0/s1. The third kappa shape index (κ3) is 4.83. The normalized spacial score (nSPS) is 19.6. The van der Waals surface area contributed by atoms with Crippen LogP contribution in [0, 0.1) is 5.92 Å². The molecular weight excluding hydrogens is 390 g/mol. The van der Waals surface area contributed by atoms with Gasteiger partial charge < -0.3 is 10.6 Å². The number of sulfonamides is 1. The molecule has 0 amide bonds. The predicted octanol–water partition coefficient (Wildman–Crippen LogP) is 4.38. The second-order valence-corrected chi connectivity index (χ2v) is 9.68. The number of para-hydroxylation sites is 1. The fraction of sp³-hybridized carbons (Fsp3) is 0.381. The zero-order valence-corrected chi connectivity index (χ0v) is 17.9. The Morgan fingerprint density at radius 3 is 2.50 bits per heavy atom. The Kier molecular flexibility index (Phi) is 6.57. The molecule has 2 aromatic rings. The van der Waals surface area contributed by atoms with Crippen molar-refractivity contribution in [2.45, 2.75) is 43.5 Å². The summed E-state index contributed by atoms with van der Waals surface area (Å²) in [6, 6.07) is 16.1. The molecule has 7 heteroatoms. The van der Waals surface area contributed by atoms with Crippen molar-refractivity contribution in [3.8, 4) is 0 Å². The van der Waals surface area contributed by atoms with Crippen LogP contribution in [0.25, 0.3) is 0 Å². The second-order valence-electron chi connectivity index (χ2n) is 7.30. The Hall–Kier alpha value is -2.12. The number of benzene rings is 2. The molecule has 0 saturated heterocycles. The minimum absolute atomic E-state index is 0.220. The number of nitrogens with one attached hydrogen (secondary N) is 2. The maximum absolute atomic E-state index is 13.0. The van der Waals surface area contributed by atoms with E-state index in [0.29, 0.717) is 28.4 Å². The smallest absolute Gasteiger partial charge is 0.264 e. The van der Waals surface area contributed by atoms with E-state index < -0.39 is 10.0 Å². The van der Waals surface area contributed by atoms with Gasteiger partial charge in [0.2, 0.25) is 0 Å². The molecule has 1 aliphatic rings. The molecule has 1 saturated carbocycles. The topological polar surface area (TPSA) is 61.4 Å². The highest BCUT2D eigenvalue weighted by atomic mass is 32.2. The SMILES string of the molecule is C[C@H]1CCCC[C@@H]1NC(=S)Nc1cccc(S(=O)(=O)N(C)c2ccccc2)c1. The summed E-state index contributed by atoms with van der Waals surface area (Å²) in [5.74, 6) is 0.583. The third-order valence-electron chi connectivity index (χ3n) is 5.30. The van der Waals surface area contributed by atoms with Gasteiger partial charge in [-0.2, -0.15) is 0 Å². The average molecular weight is 418 g/mol. The van der Waals surface area contributed by atoms with Crippen LogP contribution in [0.2, 0.25) is 0 Å². The van der Waals surface area contributed by atoms with Crippen molar-refractivity contribution < 1.29 is 8.42 Å². The first-order chi connectivity index (χ1) is 13.4. The summed E-state index contributed by atoms with van der Waals surface area (Å²) in [6.07, 6.45) is 4.80. The lowest BCUT2D eigenvalue weighted by Gasteiger charge is -2.30. The van der Waals surface area contributed by atoms with Crippen molar-refractivity contribution >= 4 is 38.7 Å². The Balaban J connectivity index is 1.72. The number of anilines is 2. The highest BCUT2D eigenvalue weighted by molar-refractivity contribution is 7.92. The summed E-state index contributed by atoms with van der Waals surface area (Å²) >= 11 is 5.45. The van der Waals surface area contributed by atoms with Gasteiger partial charge in [-0.3, -0.25) is 4.31 Å². The zero-order chi connectivity index (χ0) is 20.1. The monoisotopic (exact) mass is 417 g/mol. The van der Waals surface area contributed by atoms with Crippen molar-refractivity contribution in [2.24, 2.45) is 5.92 Å². The summed E-state index contributed by atoms with van der Waals surface area (Å²) < 4.78 is 27.2. The van der Waals surface area contributed by atoms with E-state index in [2.05, 4.69) is 17.6 Å². The molecule has 5 nitrogen and oxygen atoms in total. The molecule has 2 atom stereocenters. The predicted molar refractivity (Wildman–Crippen MR) is 119 cm³/mol. The van der Waals surface area contributed by atoms with Gasteiger partial charge in [0, 0.05) is 18.8 Å². The van der Waals surface area contributed by atoms with Crippen LogP contribution in [0.1, 0.15) is 32.6 Å². The van der Waals surface area contributed by atoms with E-state index in [4.69, 9.17) is 12.2 Å². The van der Waals surface area contributed by atoms with Crippen LogP contribution in [0.3, 0.4) is 0 Å². The molecule has 0 unspecified atom stereocenters. The van der Waals surface area contributed by atoms with Crippen LogP contribution in [0.4, 0.5) is 11.4 Å². The third-order valence-corrected chi connectivity index (χ3v) is 7.30. The number of hydrogen-bond acceptors (Lipinski definition) is 3. The molecule has 0 heterocycles. The molecule has 28 heavy (non-hydrogen) atoms. The highest BCUT2D eigenvalue weighted by Gasteiger charge is 2.23. The number of thiocarbonyl (C=S) groups is 1.